The quantitative estimate of drug-likeness (QED) is 0.719. The Labute approximate surface area is 108 Å². The number of halogens is 1. The summed E-state index contributed by atoms with van der Waals surface area (Å²) in [7, 11) is 0. The lowest BCUT2D eigenvalue weighted by Crippen LogP contribution is -1.95. The molecule has 3 aromatic rings. The zero-order valence-electron chi connectivity index (χ0n) is 9.43. The summed E-state index contributed by atoms with van der Waals surface area (Å²) in [5.74, 6) is 0.553. The first-order chi connectivity index (χ1) is 8.76. The molecule has 90 valence electrons. The predicted octanol–water partition coefficient (Wildman–Crippen LogP) is 3.00. The van der Waals surface area contributed by atoms with Crippen LogP contribution in [0, 0.1) is 0 Å². The molecule has 0 radical (unpaired) electrons. The third-order valence-electron chi connectivity index (χ3n) is 2.68. The molecule has 2 heterocycles. The maximum atomic E-state index is 5.80. The first-order valence-electron chi connectivity index (χ1n) is 5.48. The lowest BCUT2D eigenvalue weighted by atomic mass is 10.1. The van der Waals surface area contributed by atoms with Crippen molar-refractivity contribution in [2.24, 2.45) is 5.73 Å². The second-order valence-electron chi connectivity index (χ2n) is 3.89. The molecular formula is C13H10ClN3O. The molecule has 4 nitrogen and oxygen atoms in total. The van der Waals surface area contributed by atoms with E-state index in [0.29, 0.717) is 28.7 Å². The highest BCUT2D eigenvalue weighted by Crippen LogP contribution is 2.25. The van der Waals surface area contributed by atoms with Gasteiger partial charge in [-0.25, -0.2) is 9.97 Å². The lowest BCUT2D eigenvalue weighted by molar-refractivity contribution is 0.619. The number of nitrogens with two attached hydrogens (primary N) is 1. The number of fused-ring (bicyclic) bond motifs is 1. The number of pyridine rings is 1. The van der Waals surface area contributed by atoms with Gasteiger partial charge in [-0.05, 0) is 17.7 Å². The molecule has 0 atom stereocenters. The van der Waals surface area contributed by atoms with Gasteiger partial charge in [0.2, 0.25) is 5.89 Å². The minimum absolute atomic E-state index is 0.392. The molecule has 3 rings (SSSR count). The van der Waals surface area contributed by atoms with Gasteiger partial charge in [-0.3, -0.25) is 0 Å². The third kappa shape index (κ3) is 1.96. The molecule has 0 saturated carbocycles. The van der Waals surface area contributed by atoms with Crippen LogP contribution in [-0.2, 0) is 6.54 Å². The molecule has 0 fully saturated rings. The van der Waals surface area contributed by atoms with Gasteiger partial charge in [-0.2, -0.15) is 0 Å². The van der Waals surface area contributed by atoms with Crippen molar-refractivity contribution in [1.29, 1.82) is 0 Å². The van der Waals surface area contributed by atoms with Crippen LogP contribution in [0.15, 0.2) is 40.9 Å². The van der Waals surface area contributed by atoms with E-state index in [1.165, 1.54) is 0 Å². The van der Waals surface area contributed by atoms with Crippen molar-refractivity contribution >= 4 is 22.7 Å². The normalized spacial score (nSPS) is 11.0. The Kier molecular flexibility index (Phi) is 2.74. The van der Waals surface area contributed by atoms with Crippen LogP contribution in [0.4, 0.5) is 0 Å². The summed E-state index contributed by atoms with van der Waals surface area (Å²) < 4.78 is 5.64. The molecule has 0 aliphatic heterocycles. The van der Waals surface area contributed by atoms with E-state index < -0.39 is 0 Å². The molecule has 2 N–H and O–H groups in total. The minimum atomic E-state index is 0.392. The maximum Gasteiger partial charge on any atom is 0.227 e. The van der Waals surface area contributed by atoms with E-state index in [1.54, 1.807) is 12.3 Å². The number of hydrogen-bond donors (Lipinski definition) is 1. The summed E-state index contributed by atoms with van der Waals surface area (Å²) in [6, 6.07) is 9.43. The summed E-state index contributed by atoms with van der Waals surface area (Å²) >= 11 is 5.80. The predicted molar refractivity (Wildman–Crippen MR) is 70.1 cm³/mol. The molecule has 0 aliphatic carbocycles. The molecular weight excluding hydrogens is 250 g/mol. The zero-order chi connectivity index (χ0) is 12.5. The Morgan fingerprint density at radius 2 is 2.00 bits per heavy atom. The molecule has 18 heavy (non-hydrogen) atoms. The van der Waals surface area contributed by atoms with Crippen LogP contribution in [0.1, 0.15) is 5.56 Å². The average Bonchev–Trinajstić information content (AvgIpc) is 2.81. The Morgan fingerprint density at radius 3 is 2.72 bits per heavy atom. The van der Waals surface area contributed by atoms with E-state index in [-0.39, 0.29) is 0 Å². The zero-order valence-corrected chi connectivity index (χ0v) is 10.2. The average molecular weight is 260 g/mol. The van der Waals surface area contributed by atoms with Crippen molar-refractivity contribution in [2.75, 3.05) is 0 Å². The molecule has 2 aromatic heterocycles. The van der Waals surface area contributed by atoms with E-state index in [0.717, 1.165) is 11.1 Å². The van der Waals surface area contributed by atoms with Crippen LogP contribution >= 0.6 is 11.6 Å². The molecule has 0 bridgehead atoms. The Balaban J connectivity index is 2.07. The monoisotopic (exact) mass is 259 g/mol. The van der Waals surface area contributed by atoms with Crippen LogP contribution in [0.5, 0.6) is 0 Å². The summed E-state index contributed by atoms with van der Waals surface area (Å²) in [6.45, 7) is 0.521. The van der Waals surface area contributed by atoms with Crippen molar-refractivity contribution < 1.29 is 4.42 Å². The Bertz CT molecular complexity index is 691. The fourth-order valence-corrected chi connectivity index (χ4v) is 1.86. The van der Waals surface area contributed by atoms with Crippen molar-refractivity contribution in [2.45, 2.75) is 6.54 Å². The van der Waals surface area contributed by atoms with Gasteiger partial charge in [0, 0.05) is 18.2 Å². The van der Waals surface area contributed by atoms with Gasteiger partial charge >= 0.3 is 0 Å². The van der Waals surface area contributed by atoms with Gasteiger partial charge in [0.15, 0.2) is 5.58 Å². The third-order valence-corrected chi connectivity index (χ3v) is 2.88. The Hall–Kier alpha value is -1.91. The van der Waals surface area contributed by atoms with E-state index in [4.69, 9.17) is 21.8 Å². The van der Waals surface area contributed by atoms with Crippen LogP contribution in [0.2, 0.25) is 5.15 Å². The SMILES string of the molecule is NCc1ccc(-c2nc3cnc(Cl)cc3o2)cc1. The number of oxazole rings is 1. The topological polar surface area (TPSA) is 64.9 Å². The minimum Gasteiger partial charge on any atom is -0.436 e. The van der Waals surface area contributed by atoms with Crippen LogP contribution < -0.4 is 5.73 Å². The van der Waals surface area contributed by atoms with Crippen LogP contribution in [0.25, 0.3) is 22.6 Å². The van der Waals surface area contributed by atoms with Gasteiger partial charge in [0.05, 0.1) is 6.20 Å². The number of hydrogen-bond acceptors (Lipinski definition) is 4. The first-order valence-corrected chi connectivity index (χ1v) is 5.85. The highest BCUT2D eigenvalue weighted by atomic mass is 35.5. The molecule has 0 amide bonds. The highest BCUT2D eigenvalue weighted by Gasteiger charge is 2.08. The van der Waals surface area contributed by atoms with Gasteiger partial charge in [-0.15, -0.1) is 0 Å². The molecule has 5 heteroatoms. The van der Waals surface area contributed by atoms with Crippen LogP contribution in [-0.4, -0.2) is 9.97 Å². The van der Waals surface area contributed by atoms with Crippen molar-refractivity contribution in [3.63, 3.8) is 0 Å². The number of benzene rings is 1. The van der Waals surface area contributed by atoms with Crippen molar-refractivity contribution in [3.8, 4) is 11.5 Å². The highest BCUT2D eigenvalue weighted by molar-refractivity contribution is 6.29. The Morgan fingerprint density at radius 1 is 1.22 bits per heavy atom. The van der Waals surface area contributed by atoms with E-state index in [2.05, 4.69) is 9.97 Å². The van der Waals surface area contributed by atoms with Gasteiger partial charge in [0.1, 0.15) is 10.7 Å². The molecule has 0 saturated heterocycles. The van der Waals surface area contributed by atoms with E-state index in [9.17, 15) is 0 Å². The first kappa shape index (κ1) is 11.2. The van der Waals surface area contributed by atoms with E-state index in [1.807, 2.05) is 24.3 Å². The summed E-state index contributed by atoms with van der Waals surface area (Å²) in [5.41, 5.74) is 8.85. The summed E-state index contributed by atoms with van der Waals surface area (Å²) in [5, 5.41) is 0.392. The second kappa shape index (κ2) is 4.40. The molecule has 0 aliphatic rings. The summed E-state index contributed by atoms with van der Waals surface area (Å²) in [6.07, 6.45) is 1.60. The molecule has 0 spiro atoms. The molecule has 0 unspecified atom stereocenters. The van der Waals surface area contributed by atoms with Crippen LogP contribution in [0.3, 0.4) is 0 Å². The second-order valence-corrected chi connectivity index (χ2v) is 4.28. The standard InChI is InChI=1S/C13H10ClN3O/c14-12-5-11-10(7-16-12)17-13(18-11)9-3-1-8(6-15)2-4-9/h1-5,7H,6,15H2. The van der Waals surface area contributed by atoms with Gasteiger partial charge in [0.25, 0.3) is 0 Å². The number of nitrogens with zero attached hydrogens (tertiary/aromatic N) is 2. The smallest absolute Gasteiger partial charge is 0.227 e. The van der Waals surface area contributed by atoms with Crippen molar-refractivity contribution in [1.82, 2.24) is 9.97 Å². The maximum absolute atomic E-state index is 5.80. The lowest BCUT2D eigenvalue weighted by Gasteiger charge is -1.97. The summed E-state index contributed by atoms with van der Waals surface area (Å²) in [4.78, 5) is 8.33. The van der Waals surface area contributed by atoms with Crippen molar-refractivity contribution in [3.05, 3.63) is 47.2 Å². The van der Waals surface area contributed by atoms with E-state index >= 15 is 0 Å². The number of aromatic nitrogens is 2. The van der Waals surface area contributed by atoms with Gasteiger partial charge < -0.3 is 10.2 Å². The largest absolute Gasteiger partial charge is 0.436 e. The van der Waals surface area contributed by atoms with Gasteiger partial charge in [-0.1, -0.05) is 23.7 Å². The fourth-order valence-electron chi connectivity index (χ4n) is 1.71. The number of rotatable bonds is 2. The fraction of sp³-hybridized carbons (Fsp3) is 0.0769. The molecule has 1 aromatic carbocycles.